The Morgan fingerprint density at radius 1 is 1.30 bits per heavy atom. The summed E-state index contributed by atoms with van der Waals surface area (Å²) < 4.78 is 5.78. The van der Waals surface area contributed by atoms with E-state index in [4.69, 9.17) is 4.74 Å². The van der Waals surface area contributed by atoms with Crippen molar-refractivity contribution in [2.45, 2.75) is 38.3 Å². The molecule has 0 unspecified atom stereocenters. The number of rotatable bonds is 7. The molecule has 0 aromatic heterocycles. The molecule has 2 N–H and O–H groups in total. The third kappa shape index (κ3) is 6.48. The van der Waals surface area contributed by atoms with Gasteiger partial charge in [-0.2, -0.15) is 0 Å². The van der Waals surface area contributed by atoms with E-state index in [0.29, 0.717) is 12.6 Å². The van der Waals surface area contributed by atoms with Crippen molar-refractivity contribution in [1.29, 1.82) is 0 Å². The number of aliphatic imine (C=N–C) groups is 1. The maximum absolute atomic E-state index is 5.78. The molecule has 2 rings (SSSR count). The molecule has 128 valence electrons. The van der Waals surface area contributed by atoms with E-state index in [2.05, 4.69) is 32.7 Å². The molecule has 5 heteroatoms. The number of benzene rings is 1. The van der Waals surface area contributed by atoms with Gasteiger partial charge in [-0.25, -0.2) is 0 Å². The molecule has 1 aromatic rings. The zero-order valence-corrected chi connectivity index (χ0v) is 14.6. The largest absolute Gasteiger partial charge is 0.492 e. The van der Waals surface area contributed by atoms with Gasteiger partial charge in [0.25, 0.3) is 0 Å². The van der Waals surface area contributed by atoms with Crippen LogP contribution in [0.3, 0.4) is 0 Å². The Morgan fingerprint density at radius 3 is 2.78 bits per heavy atom. The van der Waals surface area contributed by atoms with Crippen LogP contribution in [0.1, 0.15) is 31.2 Å². The number of hydrogen-bond donors (Lipinski definition) is 2. The topological polar surface area (TPSA) is 48.9 Å². The van der Waals surface area contributed by atoms with Gasteiger partial charge >= 0.3 is 0 Å². The van der Waals surface area contributed by atoms with Crippen LogP contribution in [0.2, 0.25) is 0 Å². The fourth-order valence-electron chi connectivity index (χ4n) is 2.74. The van der Waals surface area contributed by atoms with E-state index in [9.17, 15) is 0 Å². The Kier molecular flexibility index (Phi) is 7.20. The maximum Gasteiger partial charge on any atom is 0.191 e. The van der Waals surface area contributed by atoms with Gasteiger partial charge in [-0.05, 0) is 44.6 Å². The molecule has 0 aliphatic heterocycles. The van der Waals surface area contributed by atoms with Crippen molar-refractivity contribution in [1.82, 2.24) is 15.5 Å². The fraction of sp³-hybridized carbons (Fsp3) is 0.611. The number of ether oxygens (including phenoxy) is 1. The van der Waals surface area contributed by atoms with Gasteiger partial charge in [-0.15, -0.1) is 0 Å². The summed E-state index contributed by atoms with van der Waals surface area (Å²) in [4.78, 5) is 6.43. The lowest BCUT2D eigenvalue weighted by Crippen LogP contribution is -2.41. The lowest BCUT2D eigenvalue weighted by atomic mass is 10.2. The van der Waals surface area contributed by atoms with Gasteiger partial charge in [-0.3, -0.25) is 4.99 Å². The molecular weight excluding hydrogens is 288 g/mol. The van der Waals surface area contributed by atoms with Crippen LogP contribution in [-0.2, 0) is 6.54 Å². The zero-order valence-electron chi connectivity index (χ0n) is 14.6. The molecule has 0 saturated heterocycles. The zero-order chi connectivity index (χ0) is 16.5. The molecule has 0 amide bonds. The highest BCUT2D eigenvalue weighted by atomic mass is 16.5. The first-order valence-corrected chi connectivity index (χ1v) is 8.51. The molecule has 0 heterocycles. The Bertz CT molecular complexity index is 496. The Labute approximate surface area is 140 Å². The summed E-state index contributed by atoms with van der Waals surface area (Å²) in [5.41, 5.74) is 1.20. The summed E-state index contributed by atoms with van der Waals surface area (Å²) in [7, 11) is 5.92. The minimum absolute atomic E-state index is 0.571. The van der Waals surface area contributed by atoms with E-state index >= 15 is 0 Å². The van der Waals surface area contributed by atoms with Crippen molar-refractivity contribution in [2.24, 2.45) is 4.99 Å². The van der Waals surface area contributed by atoms with Crippen LogP contribution < -0.4 is 15.4 Å². The predicted octanol–water partition coefficient (Wildman–Crippen LogP) is 2.23. The standard InChI is InChI=1S/C18H30N4O/c1-19-18(21-16-8-4-5-9-16)20-14-15-7-6-10-17(13-15)23-12-11-22(2)3/h6-7,10,13,16H,4-5,8-9,11-12,14H2,1-3H3,(H2,19,20,21). The first-order valence-electron chi connectivity index (χ1n) is 8.51. The Hall–Kier alpha value is -1.75. The van der Waals surface area contributed by atoms with E-state index in [1.165, 1.54) is 31.2 Å². The summed E-state index contributed by atoms with van der Waals surface area (Å²) in [5.74, 6) is 1.81. The van der Waals surface area contributed by atoms with Crippen LogP contribution in [0.25, 0.3) is 0 Å². The van der Waals surface area contributed by atoms with Gasteiger partial charge in [0.05, 0.1) is 0 Å². The molecule has 1 aliphatic carbocycles. The maximum atomic E-state index is 5.78. The molecule has 0 radical (unpaired) electrons. The van der Waals surface area contributed by atoms with Crippen LogP contribution in [0.15, 0.2) is 29.3 Å². The average molecular weight is 318 g/mol. The second-order valence-electron chi connectivity index (χ2n) is 6.35. The van der Waals surface area contributed by atoms with Gasteiger partial charge in [0.15, 0.2) is 5.96 Å². The van der Waals surface area contributed by atoms with Crippen molar-refractivity contribution in [2.75, 3.05) is 34.3 Å². The molecular formula is C18H30N4O. The molecule has 0 atom stereocenters. The summed E-state index contributed by atoms with van der Waals surface area (Å²) in [6.45, 7) is 2.37. The Balaban J connectivity index is 1.79. The van der Waals surface area contributed by atoms with E-state index < -0.39 is 0 Å². The van der Waals surface area contributed by atoms with Gasteiger partial charge < -0.3 is 20.3 Å². The minimum Gasteiger partial charge on any atom is -0.492 e. The number of likely N-dealkylation sites (N-methyl/N-ethyl adjacent to an activating group) is 1. The molecule has 5 nitrogen and oxygen atoms in total. The van der Waals surface area contributed by atoms with Crippen LogP contribution in [-0.4, -0.2) is 51.2 Å². The van der Waals surface area contributed by atoms with E-state index in [0.717, 1.165) is 24.8 Å². The highest BCUT2D eigenvalue weighted by Crippen LogP contribution is 2.17. The van der Waals surface area contributed by atoms with Crippen LogP contribution in [0.5, 0.6) is 5.75 Å². The van der Waals surface area contributed by atoms with Gasteiger partial charge in [0.2, 0.25) is 0 Å². The van der Waals surface area contributed by atoms with E-state index in [1.807, 2.05) is 33.3 Å². The van der Waals surface area contributed by atoms with Crippen molar-refractivity contribution in [3.05, 3.63) is 29.8 Å². The number of nitrogens with zero attached hydrogens (tertiary/aromatic N) is 2. The smallest absolute Gasteiger partial charge is 0.191 e. The van der Waals surface area contributed by atoms with Gasteiger partial charge in [0.1, 0.15) is 12.4 Å². The first kappa shape index (κ1) is 17.6. The van der Waals surface area contributed by atoms with E-state index in [-0.39, 0.29) is 0 Å². The second-order valence-corrected chi connectivity index (χ2v) is 6.35. The molecule has 1 aliphatic rings. The lowest BCUT2D eigenvalue weighted by Gasteiger charge is -2.17. The normalized spacial score (nSPS) is 15.9. The quantitative estimate of drug-likeness (QED) is 0.598. The fourth-order valence-corrected chi connectivity index (χ4v) is 2.74. The van der Waals surface area contributed by atoms with Gasteiger partial charge in [0, 0.05) is 26.2 Å². The first-order chi connectivity index (χ1) is 11.2. The highest BCUT2D eigenvalue weighted by Gasteiger charge is 2.15. The van der Waals surface area contributed by atoms with Crippen LogP contribution >= 0.6 is 0 Å². The number of hydrogen-bond acceptors (Lipinski definition) is 3. The average Bonchev–Trinajstić information content (AvgIpc) is 3.04. The molecule has 0 bridgehead atoms. The SMILES string of the molecule is CN=C(NCc1cccc(OCCN(C)C)c1)NC1CCCC1. The summed E-state index contributed by atoms with van der Waals surface area (Å²) in [6, 6.07) is 8.81. The van der Waals surface area contributed by atoms with Crippen molar-refractivity contribution in [3.8, 4) is 5.75 Å². The number of guanidine groups is 1. The molecule has 1 fully saturated rings. The molecule has 0 spiro atoms. The highest BCUT2D eigenvalue weighted by molar-refractivity contribution is 5.79. The molecule has 1 saturated carbocycles. The number of nitrogens with one attached hydrogen (secondary N) is 2. The predicted molar refractivity (Wildman–Crippen MR) is 96.1 cm³/mol. The third-order valence-electron chi connectivity index (χ3n) is 4.09. The Morgan fingerprint density at radius 2 is 2.09 bits per heavy atom. The van der Waals surface area contributed by atoms with Crippen molar-refractivity contribution in [3.63, 3.8) is 0 Å². The second kappa shape index (κ2) is 9.40. The molecule has 1 aromatic carbocycles. The third-order valence-corrected chi connectivity index (χ3v) is 4.09. The van der Waals surface area contributed by atoms with Crippen molar-refractivity contribution < 1.29 is 4.74 Å². The van der Waals surface area contributed by atoms with Gasteiger partial charge in [-0.1, -0.05) is 25.0 Å². The molecule has 23 heavy (non-hydrogen) atoms. The van der Waals surface area contributed by atoms with Crippen LogP contribution in [0, 0.1) is 0 Å². The summed E-state index contributed by atoms with van der Waals surface area (Å²) in [5, 5.41) is 6.89. The van der Waals surface area contributed by atoms with Crippen molar-refractivity contribution >= 4 is 5.96 Å². The monoisotopic (exact) mass is 318 g/mol. The minimum atomic E-state index is 0.571. The van der Waals surface area contributed by atoms with Crippen LogP contribution in [0.4, 0.5) is 0 Å². The summed E-state index contributed by atoms with van der Waals surface area (Å²) in [6.07, 6.45) is 5.13. The van der Waals surface area contributed by atoms with E-state index in [1.54, 1.807) is 0 Å². The summed E-state index contributed by atoms with van der Waals surface area (Å²) >= 11 is 0. The lowest BCUT2D eigenvalue weighted by molar-refractivity contribution is 0.261.